The highest BCUT2D eigenvalue weighted by atomic mass is 15.1. The number of nitrogens with zero attached hydrogens (tertiary/aromatic N) is 2. The standard InChI is InChI=1S/C56H46N2/c1-39-31-40(2)34-55(33-39)57(53-29-23-45-9-5-7-11-49(45)37-53)51-25-17-44(18-26-51)14-13-43-15-19-47(20-16-43)48-21-27-52(28-22-48)58(56-35-41(3)32-42(4)36-56)54-30-24-46-10-6-8-12-50(46)38-54/h5-38H,1-4H3. The molecule has 0 aromatic heterocycles. The molecule has 2 nitrogen and oxygen atoms in total. The number of fused-ring (bicyclic) bond motifs is 2. The summed E-state index contributed by atoms with van der Waals surface area (Å²) in [5, 5.41) is 4.94. The zero-order valence-corrected chi connectivity index (χ0v) is 33.5. The molecule has 0 N–H and O–H groups in total. The number of hydrogen-bond acceptors (Lipinski definition) is 2. The third-order valence-electron chi connectivity index (χ3n) is 10.9. The Morgan fingerprint density at radius 3 is 1.02 bits per heavy atom. The van der Waals surface area contributed by atoms with Gasteiger partial charge in [0.1, 0.15) is 0 Å². The van der Waals surface area contributed by atoms with Crippen LogP contribution in [0.3, 0.4) is 0 Å². The van der Waals surface area contributed by atoms with Crippen LogP contribution in [0.25, 0.3) is 44.8 Å². The number of benzene rings is 9. The molecule has 0 aliphatic heterocycles. The van der Waals surface area contributed by atoms with Gasteiger partial charge in [-0.2, -0.15) is 0 Å². The van der Waals surface area contributed by atoms with Gasteiger partial charge in [0.05, 0.1) is 0 Å². The van der Waals surface area contributed by atoms with E-state index in [4.69, 9.17) is 0 Å². The molecule has 0 unspecified atom stereocenters. The van der Waals surface area contributed by atoms with Crippen LogP contribution in [-0.2, 0) is 0 Å². The van der Waals surface area contributed by atoms with Crippen LogP contribution in [0.2, 0.25) is 0 Å². The van der Waals surface area contributed by atoms with Crippen LogP contribution in [0.15, 0.2) is 194 Å². The van der Waals surface area contributed by atoms with Crippen molar-refractivity contribution < 1.29 is 0 Å². The normalized spacial score (nSPS) is 11.4. The molecule has 0 heterocycles. The van der Waals surface area contributed by atoms with Crippen molar-refractivity contribution in [1.82, 2.24) is 0 Å². The van der Waals surface area contributed by atoms with Gasteiger partial charge in [0.2, 0.25) is 0 Å². The van der Waals surface area contributed by atoms with E-state index >= 15 is 0 Å². The van der Waals surface area contributed by atoms with Gasteiger partial charge < -0.3 is 9.80 Å². The monoisotopic (exact) mass is 746 g/mol. The molecule has 0 spiro atoms. The van der Waals surface area contributed by atoms with Gasteiger partial charge in [-0.05, 0) is 167 Å². The van der Waals surface area contributed by atoms with Crippen LogP contribution in [0, 0.1) is 27.7 Å². The summed E-state index contributed by atoms with van der Waals surface area (Å²) in [6.07, 6.45) is 4.39. The SMILES string of the molecule is Cc1cc(C)cc(N(c2ccc(C=Cc3ccc(-c4ccc(N(c5cc(C)cc(C)c5)c5ccc6ccccc6c5)cc4)cc3)cc2)c2ccc3ccccc3c2)c1. The van der Waals surface area contributed by atoms with Gasteiger partial charge in [0, 0.05) is 34.1 Å². The third kappa shape index (κ3) is 7.78. The molecule has 0 bridgehead atoms. The fraction of sp³-hybridized carbons (Fsp3) is 0.0714. The zero-order chi connectivity index (χ0) is 39.6. The number of hydrogen-bond donors (Lipinski definition) is 0. The molecule has 0 atom stereocenters. The molecule has 9 aromatic rings. The fourth-order valence-corrected chi connectivity index (χ4v) is 8.20. The van der Waals surface area contributed by atoms with Crippen molar-refractivity contribution in [1.29, 1.82) is 0 Å². The van der Waals surface area contributed by atoms with Crippen LogP contribution >= 0.6 is 0 Å². The highest BCUT2D eigenvalue weighted by Crippen LogP contribution is 2.39. The maximum absolute atomic E-state index is 2.36. The lowest BCUT2D eigenvalue weighted by Crippen LogP contribution is -2.10. The van der Waals surface area contributed by atoms with Gasteiger partial charge in [0.15, 0.2) is 0 Å². The van der Waals surface area contributed by atoms with E-state index in [1.54, 1.807) is 0 Å². The Kier molecular flexibility index (Phi) is 9.91. The van der Waals surface area contributed by atoms with E-state index in [0.717, 1.165) is 45.3 Å². The van der Waals surface area contributed by atoms with E-state index < -0.39 is 0 Å². The molecule has 0 aliphatic rings. The molecular weight excluding hydrogens is 701 g/mol. The Labute approximate surface area is 342 Å². The van der Waals surface area contributed by atoms with Gasteiger partial charge >= 0.3 is 0 Å². The summed E-state index contributed by atoms with van der Waals surface area (Å²) in [6.45, 7) is 8.67. The minimum Gasteiger partial charge on any atom is -0.310 e. The molecule has 0 saturated carbocycles. The summed E-state index contributed by atoms with van der Waals surface area (Å²) >= 11 is 0. The summed E-state index contributed by atoms with van der Waals surface area (Å²) in [6, 6.07) is 70.7. The summed E-state index contributed by atoms with van der Waals surface area (Å²) < 4.78 is 0. The maximum atomic E-state index is 2.36. The fourth-order valence-electron chi connectivity index (χ4n) is 8.20. The molecule has 2 heteroatoms. The Hall–Kier alpha value is -7.16. The first-order valence-corrected chi connectivity index (χ1v) is 20.1. The molecule has 0 aliphatic carbocycles. The average molecular weight is 747 g/mol. The molecule has 0 amide bonds. The molecule has 0 radical (unpaired) electrons. The van der Waals surface area contributed by atoms with Crippen LogP contribution in [0.5, 0.6) is 0 Å². The highest BCUT2D eigenvalue weighted by molar-refractivity contribution is 5.91. The molecule has 280 valence electrons. The Bertz CT molecular complexity index is 2880. The van der Waals surface area contributed by atoms with Crippen molar-refractivity contribution >= 4 is 67.8 Å². The molecule has 0 fully saturated rings. The first kappa shape index (κ1) is 36.5. The second-order valence-corrected chi connectivity index (χ2v) is 15.5. The van der Waals surface area contributed by atoms with Crippen molar-refractivity contribution in [2.24, 2.45) is 0 Å². The van der Waals surface area contributed by atoms with Crippen LogP contribution in [-0.4, -0.2) is 0 Å². The van der Waals surface area contributed by atoms with Crippen molar-refractivity contribution in [3.63, 3.8) is 0 Å². The number of rotatable bonds is 9. The molecule has 58 heavy (non-hydrogen) atoms. The van der Waals surface area contributed by atoms with Crippen molar-refractivity contribution in [3.8, 4) is 11.1 Å². The van der Waals surface area contributed by atoms with E-state index in [2.05, 4.69) is 244 Å². The van der Waals surface area contributed by atoms with Crippen LogP contribution in [0.4, 0.5) is 34.1 Å². The summed E-state index contributed by atoms with van der Waals surface area (Å²) in [7, 11) is 0. The summed E-state index contributed by atoms with van der Waals surface area (Å²) in [5.41, 5.74) is 16.6. The number of anilines is 6. The van der Waals surface area contributed by atoms with Crippen molar-refractivity contribution in [2.45, 2.75) is 27.7 Å². The largest absolute Gasteiger partial charge is 0.310 e. The topological polar surface area (TPSA) is 6.48 Å². The van der Waals surface area contributed by atoms with Gasteiger partial charge in [-0.1, -0.05) is 133 Å². The van der Waals surface area contributed by atoms with Crippen LogP contribution < -0.4 is 9.80 Å². The zero-order valence-electron chi connectivity index (χ0n) is 33.5. The second kappa shape index (κ2) is 15.8. The van der Waals surface area contributed by atoms with Crippen LogP contribution in [0.1, 0.15) is 33.4 Å². The smallest absolute Gasteiger partial charge is 0.0468 e. The molecule has 9 rings (SSSR count). The minimum absolute atomic E-state index is 1.13. The first-order chi connectivity index (χ1) is 28.3. The lowest BCUT2D eigenvalue weighted by Gasteiger charge is -2.27. The Morgan fingerprint density at radius 1 is 0.276 bits per heavy atom. The minimum atomic E-state index is 1.13. The van der Waals surface area contributed by atoms with Crippen molar-refractivity contribution in [2.75, 3.05) is 9.80 Å². The highest BCUT2D eigenvalue weighted by Gasteiger charge is 2.16. The van der Waals surface area contributed by atoms with Gasteiger partial charge in [0.25, 0.3) is 0 Å². The second-order valence-electron chi connectivity index (χ2n) is 15.5. The predicted octanol–water partition coefficient (Wildman–Crippen LogP) is 16.0. The maximum Gasteiger partial charge on any atom is 0.0468 e. The molecule has 0 saturated heterocycles. The van der Waals surface area contributed by atoms with E-state index in [1.807, 2.05) is 0 Å². The average Bonchev–Trinajstić information content (AvgIpc) is 3.23. The van der Waals surface area contributed by atoms with Gasteiger partial charge in [-0.15, -0.1) is 0 Å². The summed E-state index contributed by atoms with van der Waals surface area (Å²) in [5.74, 6) is 0. The van der Waals surface area contributed by atoms with Crippen molar-refractivity contribution in [3.05, 3.63) is 228 Å². The third-order valence-corrected chi connectivity index (χ3v) is 10.9. The predicted molar refractivity (Wildman–Crippen MR) is 251 cm³/mol. The number of aryl methyl sites for hydroxylation is 4. The quantitative estimate of drug-likeness (QED) is 0.136. The van der Waals surface area contributed by atoms with E-state index in [-0.39, 0.29) is 0 Å². The van der Waals surface area contributed by atoms with Gasteiger partial charge in [-0.25, -0.2) is 0 Å². The van der Waals surface area contributed by atoms with E-state index in [9.17, 15) is 0 Å². The first-order valence-electron chi connectivity index (χ1n) is 20.1. The van der Waals surface area contributed by atoms with E-state index in [0.29, 0.717) is 0 Å². The Balaban J connectivity index is 0.947. The molecule has 9 aromatic carbocycles. The van der Waals surface area contributed by atoms with Gasteiger partial charge in [-0.3, -0.25) is 0 Å². The lowest BCUT2D eigenvalue weighted by molar-refractivity contribution is 1.26. The van der Waals surface area contributed by atoms with E-state index in [1.165, 1.54) is 54.9 Å². The lowest BCUT2D eigenvalue weighted by atomic mass is 10.0. The summed E-state index contributed by atoms with van der Waals surface area (Å²) in [4.78, 5) is 4.72. The molecular formula is C56H46N2. The Morgan fingerprint density at radius 2 is 0.603 bits per heavy atom.